The Kier molecular flexibility index (Phi) is 3.93. The normalized spacial score (nSPS) is 35.8. The van der Waals surface area contributed by atoms with E-state index in [1.165, 1.54) is 0 Å². The van der Waals surface area contributed by atoms with Gasteiger partial charge in [-0.1, -0.05) is 0 Å². The topological polar surface area (TPSA) is 61.8 Å². The molecular weight excluding hydrogens is 219 g/mol. The van der Waals surface area contributed by atoms with E-state index in [1.807, 2.05) is 0 Å². The molecule has 1 saturated heterocycles. The predicted octanol–water partition coefficient (Wildman–Crippen LogP) is 1.95. The third-order valence-corrected chi connectivity index (χ3v) is 3.96. The van der Waals surface area contributed by atoms with Gasteiger partial charge in [0.05, 0.1) is 18.3 Å². The molecule has 1 heterocycles. The largest absolute Gasteiger partial charge is 0.462 e. The second-order valence-corrected chi connectivity index (χ2v) is 5.89. The van der Waals surface area contributed by atoms with Gasteiger partial charge in [0, 0.05) is 0 Å². The maximum atomic E-state index is 11.9. The molecule has 1 fully saturated rings. The van der Waals surface area contributed by atoms with E-state index in [2.05, 4.69) is 0 Å². The number of carbonyl (C=O) groups excluding carboxylic acids is 1. The molecule has 0 aromatic rings. The first-order chi connectivity index (χ1) is 6.82. The number of rotatable bonds is 3. The summed E-state index contributed by atoms with van der Waals surface area (Å²) in [6.07, 6.45) is -1.02. The minimum atomic E-state index is -3.27. The highest BCUT2D eigenvalue weighted by molar-refractivity contribution is 7.55. The summed E-state index contributed by atoms with van der Waals surface area (Å²) in [5.41, 5.74) is 0. The van der Waals surface area contributed by atoms with Crippen LogP contribution in [0, 0.1) is 0 Å². The van der Waals surface area contributed by atoms with Crippen molar-refractivity contribution in [1.82, 2.24) is 0 Å². The molecule has 0 aliphatic carbocycles. The molecule has 0 saturated carbocycles. The van der Waals surface area contributed by atoms with Gasteiger partial charge in [-0.25, -0.2) is 0 Å². The number of carbonyl (C=O) groups is 1. The van der Waals surface area contributed by atoms with Gasteiger partial charge in [0.2, 0.25) is 0 Å². The summed E-state index contributed by atoms with van der Waals surface area (Å²) in [5, 5.41) is 0. The second-order valence-electron chi connectivity index (χ2n) is 3.93. The highest BCUT2D eigenvalue weighted by Gasteiger charge is 2.42. The Balaban J connectivity index is 2.52. The summed E-state index contributed by atoms with van der Waals surface area (Å²) in [6, 6.07) is 0. The Morgan fingerprint density at radius 3 is 2.20 bits per heavy atom. The summed E-state index contributed by atoms with van der Waals surface area (Å²) >= 11 is 0. The molecule has 2 unspecified atom stereocenters. The molecule has 0 N–H and O–H groups in total. The molecule has 2 atom stereocenters. The van der Waals surface area contributed by atoms with Crippen LogP contribution in [0.2, 0.25) is 0 Å². The molecule has 6 heteroatoms. The van der Waals surface area contributed by atoms with Gasteiger partial charge < -0.3 is 13.8 Å². The van der Waals surface area contributed by atoms with E-state index in [4.69, 9.17) is 13.8 Å². The number of esters is 1. The van der Waals surface area contributed by atoms with E-state index in [9.17, 15) is 9.36 Å². The van der Waals surface area contributed by atoms with Crippen molar-refractivity contribution in [3.63, 3.8) is 0 Å². The van der Waals surface area contributed by atoms with Crippen molar-refractivity contribution >= 4 is 13.6 Å². The highest BCUT2D eigenvalue weighted by atomic mass is 31.2. The fourth-order valence-corrected chi connectivity index (χ4v) is 3.18. The van der Waals surface area contributed by atoms with Gasteiger partial charge in [-0.15, -0.1) is 0 Å². The molecular formula is C9H17O5P. The highest BCUT2D eigenvalue weighted by Crippen LogP contribution is 2.56. The molecule has 0 radical (unpaired) electrons. The van der Waals surface area contributed by atoms with Gasteiger partial charge in [-0.2, -0.15) is 0 Å². The molecule has 0 amide bonds. The lowest BCUT2D eigenvalue weighted by Crippen LogP contribution is -2.15. The van der Waals surface area contributed by atoms with E-state index in [1.54, 1.807) is 27.7 Å². The fourth-order valence-electron chi connectivity index (χ4n) is 1.24. The van der Waals surface area contributed by atoms with Crippen LogP contribution in [0.25, 0.3) is 0 Å². The smallest absolute Gasteiger partial charge is 0.342 e. The molecule has 88 valence electrons. The van der Waals surface area contributed by atoms with Gasteiger partial charge in [-0.05, 0) is 27.7 Å². The Morgan fingerprint density at radius 1 is 1.33 bits per heavy atom. The van der Waals surface area contributed by atoms with E-state index >= 15 is 0 Å². The van der Waals surface area contributed by atoms with E-state index in [-0.39, 0.29) is 24.5 Å². The maximum absolute atomic E-state index is 11.9. The Hall–Kier alpha value is -0.380. The van der Waals surface area contributed by atoms with Crippen molar-refractivity contribution in [2.75, 3.05) is 6.16 Å². The minimum absolute atomic E-state index is 0.221. The molecule has 1 aliphatic rings. The summed E-state index contributed by atoms with van der Waals surface area (Å²) in [6.45, 7) is 6.99. The standard InChI is InChI=1S/C9H17O5P/c1-6(2)12-9(10)5-15(11)13-7(3)8(4)14-15/h6-8H,5H2,1-4H3. The van der Waals surface area contributed by atoms with Gasteiger partial charge in [0.15, 0.2) is 0 Å². The quantitative estimate of drug-likeness (QED) is 0.553. The van der Waals surface area contributed by atoms with Crippen LogP contribution in [-0.2, 0) is 23.1 Å². The van der Waals surface area contributed by atoms with Gasteiger partial charge in [-0.3, -0.25) is 9.36 Å². The third kappa shape index (κ3) is 3.59. The Morgan fingerprint density at radius 2 is 1.80 bits per heavy atom. The summed E-state index contributed by atoms with van der Waals surface area (Å²) < 4.78 is 27.0. The maximum Gasteiger partial charge on any atom is 0.342 e. The van der Waals surface area contributed by atoms with Gasteiger partial charge >= 0.3 is 13.6 Å². The lowest BCUT2D eigenvalue weighted by molar-refractivity contribution is -0.144. The number of hydrogen-bond donors (Lipinski definition) is 0. The van der Waals surface area contributed by atoms with E-state index < -0.39 is 13.6 Å². The lowest BCUT2D eigenvalue weighted by atomic mass is 10.3. The zero-order valence-corrected chi connectivity index (χ0v) is 10.3. The molecule has 0 aromatic heterocycles. The van der Waals surface area contributed by atoms with E-state index in [0.717, 1.165) is 0 Å². The second kappa shape index (κ2) is 4.64. The van der Waals surface area contributed by atoms with Gasteiger partial charge in [0.1, 0.15) is 6.16 Å². The zero-order valence-electron chi connectivity index (χ0n) is 9.43. The first-order valence-electron chi connectivity index (χ1n) is 4.98. The van der Waals surface area contributed by atoms with Crippen molar-refractivity contribution in [1.29, 1.82) is 0 Å². The molecule has 15 heavy (non-hydrogen) atoms. The zero-order chi connectivity index (χ0) is 11.6. The lowest BCUT2D eigenvalue weighted by Gasteiger charge is -2.11. The summed E-state index contributed by atoms with van der Waals surface area (Å²) in [4.78, 5) is 11.3. The van der Waals surface area contributed by atoms with Crippen LogP contribution in [0.3, 0.4) is 0 Å². The molecule has 0 aromatic carbocycles. The van der Waals surface area contributed by atoms with Crippen molar-refractivity contribution in [2.24, 2.45) is 0 Å². The minimum Gasteiger partial charge on any atom is -0.462 e. The monoisotopic (exact) mass is 236 g/mol. The van der Waals surface area contributed by atoms with Crippen molar-refractivity contribution < 1.29 is 23.1 Å². The van der Waals surface area contributed by atoms with Crippen LogP contribution in [0.1, 0.15) is 27.7 Å². The third-order valence-electron chi connectivity index (χ3n) is 2.00. The molecule has 5 nitrogen and oxygen atoms in total. The van der Waals surface area contributed by atoms with Crippen molar-refractivity contribution in [3.05, 3.63) is 0 Å². The predicted molar refractivity (Wildman–Crippen MR) is 54.8 cm³/mol. The number of ether oxygens (including phenoxy) is 1. The van der Waals surface area contributed by atoms with E-state index in [0.29, 0.717) is 0 Å². The van der Waals surface area contributed by atoms with Crippen LogP contribution in [0.15, 0.2) is 0 Å². The molecule has 1 aliphatic heterocycles. The Labute approximate surface area is 89.6 Å². The van der Waals surface area contributed by atoms with Gasteiger partial charge in [0.25, 0.3) is 0 Å². The van der Waals surface area contributed by atoms with Crippen LogP contribution >= 0.6 is 7.60 Å². The summed E-state index contributed by atoms with van der Waals surface area (Å²) in [5.74, 6) is -0.547. The Bertz CT molecular complexity index is 274. The van der Waals surface area contributed by atoms with Crippen LogP contribution in [0.4, 0.5) is 0 Å². The number of hydrogen-bond acceptors (Lipinski definition) is 5. The average Bonchev–Trinajstić information content (AvgIpc) is 2.22. The average molecular weight is 236 g/mol. The summed E-state index contributed by atoms with van der Waals surface area (Å²) in [7, 11) is -3.27. The van der Waals surface area contributed by atoms with Crippen LogP contribution in [0.5, 0.6) is 0 Å². The van der Waals surface area contributed by atoms with Crippen molar-refractivity contribution in [3.8, 4) is 0 Å². The molecule has 1 rings (SSSR count). The first kappa shape index (κ1) is 12.7. The molecule has 0 spiro atoms. The van der Waals surface area contributed by atoms with Crippen LogP contribution < -0.4 is 0 Å². The molecule has 0 bridgehead atoms. The fraction of sp³-hybridized carbons (Fsp3) is 0.889. The first-order valence-corrected chi connectivity index (χ1v) is 6.70. The van der Waals surface area contributed by atoms with Crippen LogP contribution in [-0.4, -0.2) is 30.4 Å². The SMILES string of the molecule is CC(C)OC(=O)CP1(=O)OC(C)C(C)O1. The van der Waals surface area contributed by atoms with Crippen molar-refractivity contribution in [2.45, 2.75) is 46.0 Å².